The number of hydrogen-bond donors (Lipinski definition) is 1. The number of nitro benzene ring substituents is 1. The minimum absolute atomic E-state index is 0.0103. The van der Waals surface area contributed by atoms with Crippen molar-refractivity contribution in [1.29, 1.82) is 0 Å². The van der Waals surface area contributed by atoms with E-state index in [2.05, 4.69) is 4.90 Å². The van der Waals surface area contributed by atoms with Crippen LogP contribution in [-0.4, -0.2) is 52.9 Å². The zero-order valence-electron chi connectivity index (χ0n) is 18.2. The molecule has 0 saturated heterocycles. The van der Waals surface area contributed by atoms with Crippen LogP contribution in [0.5, 0.6) is 5.75 Å². The Morgan fingerprint density at radius 3 is 2.58 bits per heavy atom. The molecule has 2 rings (SSSR count). The summed E-state index contributed by atoms with van der Waals surface area (Å²) < 4.78 is 5.60. The maximum Gasteiger partial charge on any atom is 0.280 e. The highest BCUT2D eigenvalue weighted by Gasteiger charge is 2.25. The average molecular weight is 435 g/mol. The number of benzene rings is 1. The fourth-order valence-corrected chi connectivity index (χ4v) is 4.07. The predicted molar refractivity (Wildman–Crippen MR) is 117 cm³/mol. The van der Waals surface area contributed by atoms with Gasteiger partial charge in [0.1, 0.15) is 5.75 Å². The van der Waals surface area contributed by atoms with Crippen molar-refractivity contribution < 1.29 is 24.4 Å². The molecule has 1 aromatic carbocycles. The molecule has 1 aromatic rings. The van der Waals surface area contributed by atoms with Crippen molar-refractivity contribution in [1.82, 2.24) is 4.90 Å². The van der Waals surface area contributed by atoms with Gasteiger partial charge in [-0.05, 0) is 50.7 Å². The van der Waals surface area contributed by atoms with E-state index in [4.69, 9.17) is 9.84 Å². The van der Waals surface area contributed by atoms with Crippen molar-refractivity contribution in [2.45, 2.75) is 76.7 Å². The zero-order chi connectivity index (χ0) is 22.5. The molecule has 0 heterocycles. The normalized spacial score (nSPS) is 13.8. The number of ether oxygens (including phenoxy) is 1. The number of aliphatic hydroxyl groups excluding tert-OH is 1. The average Bonchev–Trinajstić information content (AvgIpc) is 3.30. The highest BCUT2D eigenvalue weighted by atomic mass is 16.6. The molecule has 1 fully saturated rings. The number of nitrogens with zero attached hydrogens (tertiary/aromatic N) is 2. The fourth-order valence-electron chi connectivity index (χ4n) is 4.07. The molecule has 1 aliphatic rings. The molecule has 0 aromatic heterocycles. The van der Waals surface area contributed by atoms with Gasteiger partial charge < -0.3 is 14.7 Å². The van der Waals surface area contributed by atoms with Crippen molar-refractivity contribution in [2.24, 2.45) is 0 Å². The Labute approximate surface area is 183 Å². The van der Waals surface area contributed by atoms with E-state index in [0.29, 0.717) is 43.9 Å². The van der Waals surface area contributed by atoms with Crippen molar-refractivity contribution in [2.75, 3.05) is 19.8 Å². The first kappa shape index (κ1) is 24.8. The van der Waals surface area contributed by atoms with Gasteiger partial charge in [0.25, 0.3) is 5.69 Å². The van der Waals surface area contributed by atoms with Crippen molar-refractivity contribution in [3.8, 4) is 5.75 Å². The molecular weight excluding hydrogens is 400 g/mol. The van der Waals surface area contributed by atoms with E-state index in [1.807, 2.05) is 0 Å². The molecule has 0 spiro atoms. The third-order valence-electron chi connectivity index (χ3n) is 5.77. The lowest BCUT2D eigenvalue weighted by atomic mass is 10.1. The number of carbonyl (C=O) groups excluding carboxylic acids is 2. The van der Waals surface area contributed by atoms with E-state index in [1.54, 1.807) is 0 Å². The van der Waals surface area contributed by atoms with Gasteiger partial charge in [-0.25, -0.2) is 0 Å². The number of unbranched alkanes of at least 4 members (excludes halogenated alkanes) is 4. The van der Waals surface area contributed by atoms with E-state index >= 15 is 0 Å². The molecule has 172 valence electrons. The Kier molecular flexibility index (Phi) is 11.0. The molecular formula is C23H34N2O6. The summed E-state index contributed by atoms with van der Waals surface area (Å²) in [7, 11) is 0. The van der Waals surface area contributed by atoms with Gasteiger partial charge in [0.2, 0.25) is 5.91 Å². The van der Waals surface area contributed by atoms with Crippen LogP contribution >= 0.6 is 0 Å². The van der Waals surface area contributed by atoms with E-state index in [0.717, 1.165) is 45.1 Å². The van der Waals surface area contributed by atoms with Crippen molar-refractivity contribution in [3.05, 3.63) is 33.9 Å². The lowest BCUT2D eigenvalue weighted by Gasteiger charge is -2.29. The molecule has 0 atom stereocenters. The number of aldehydes is 1. The standard InChI is InChI=1S/C23H34N2O6/c26-15-7-2-1-6-14-24(20-9-3-4-10-20)23(28)11-5-8-16-31-21-12-13-22(25(29)30)19(17-21)18-27/h12-13,17-18,20,26H,1-11,14-16H2. The van der Waals surface area contributed by atoms with Crippen LogP contribution in [0.2, 0.25) is 0 Å². The highest BCUT2D eigenvalue weighted by Crippen LogP contribution is 2.25. The van der Waals surface area contributed by atoms with Crippen LogP contribution in [0.15, 0.2) is 18.2 Å². The van der Waals surface area contributed by atoms with Crippen LogP contribution in [0.1, 0.15) is 81.0 Å². The first-order valence-electron chi connectivity index (χ1n) is 11.3. The molecule has 8 heteroatoms. The van der Waals surface area contributed by atoms with Crippen LogP contribution in [0.4, 0.5) is 5.69 Å². The molecule has 1 aliphatic carbocycles. The Balaban J connectivity index is 1.74. The van der Waals surface area contributed by atoms with Crippen LogP contribution in [-0.2, 0) is 4.79 Å². The third-order valence-corrected chi connectivity index (χ3v) is 5.77. The Bertz CT molecular complexity index is 718. The topological polar surface area (TPSA) is 110 Å². The fraction of sp³-hybridized carbons (Fsp3) is 0.652. The van der Waals surface area contributed by atoms with Gasteiger partial charge >= 0.3 is 0 Å². The summed E-state index contributed by atoms with van der Waals surface area (Å²) in [5.41, 5.74) is -0.250. The second-order valence-corrected chi connectivity index (χ2v) is 8.06. The lowest BCUT2D eigenvalue weighted by Crippen LogP contribution is -2.39. The molecule has 1 N–H and O–H groups in total. The van der Waals surface area contributed by atoms with Crippen LogP contribution < -0.4 is 4.74 Å². The number of rotatable bonds is 15. The van der Waals surface area contributed by atoms with Gasteiger partial charge in [-0.2, -0.15) is 0 Å². The third kappa shape index (κ3) is 8.28. The molecule has 0 aliphatic heterocycles. The van der Waals surface area contributed by atoms with Crippen molar-refractivity contribution in [3.63, 3.8) is 0 Å². The molecule has 1 amide bonds. The largest absolute Gasteiger partial charge is 0.494 e. The Morgan fingerprint density at radius 1 is 1.16 bits per heavy atom. The smallest absolute Gasteiger partial charge is 0.280 e. The molecule has 0 unspecified atom stereocenters. The summed E-state index contributed by atoms with van der Waals surface area (Å²) in [5, 5.41) is 19.8. The number of aliphatic hydroxyl groups is 1. The molecule has 0 radical (unpaired) electrons. The summed E-state index contributed by atoms with van der Waals surface area (Å²) in [4.78, 5) is 36.2. The quantitative estimate of drug-likeness (QED) is 0.191. The summed E-state index contributed by atoms with van der Waals surface area (Å²) in [6, 6.07) is 4.48. The second kappa shape index (κ2) is 13.7. The molecule has 0 bridgehead atoms. The van der Waals surface area contributed by atoms with Gasteiger partial charge in [0.05, 0.1) is 17.1 Å². The van der Waals surface area contributed by atoms with Crippen LogP contribution in [0.25, 0.3) is 0 Å². The van der Waals surface area contributed by atoms with Crippen molar-refractivity contribution >= 4 is 17.9 Å². The molecule has 1 saturated carbocycles. The first-order chi connectivity index (χ1) is 15.1. The number of hydrogen-bond acceptors (Lipinski definition) is 6. The SMILES string of the molecule is O=Cc1cc(OCCCCC(=O)N(CCCCCCO)C2CCCC2)ccc1[N+](=O)[O-]. The van der Waals surface area contributed by atoms with E-state index in [-0.39, 0.29) is 23.8 Å². The summed E-state index contributed by atoms with van der Waals surface area (Å²) in [6.07, 6.45) is 10.7. The zero-order valence-corrected chi connectivity index (χ0v) is 18.2. The van der Waals surface area contributed by atoms with Gasteiger partial charge in [0, 0.05) is 31.7 Å². The maximum atomic E-state index is 12.8. The first-order valence-corrected chi connectivity index (χ1v) is 11.3. The summed E-state index contributed by atoms with van der Waals surface area (Å²) in [5.74, 6) is 0.613. The molecule has 8 nitrogen and oxygen atoms in total. The van der Waals surface area contributed by atoms with E-state index < -0.39 is 4.92 Å². The number of carbonyl (C=O) groups is 2. The minimum Gasteiger partial charge on any atom is -0.494 e. The van der Waals surface area contributed by atoms with Crippen LogP contribution in [0.3, 0.4) is 0 Å². The number of amides is 1. The summed E-state index contributed by atoms with van der Waals surface area (Å²) in [6.45, 7) is 1.40. The minimum atomic E-state index is -0.595. The van der Waals surface area contributed by atoms with Gasteiger partial charge in [0.15, 0.2) is 6.29 Å². The predicted octanol–water partition coefficient (Wildman–Crippen LogP) is 4.28. The maximum absolute atomic E-state index is 12.8. The van der Waals surface area contributed by atoms with E-state index in [1.165, 1.54) is 31.0 Å². The van der Waals surface area contributed by atoms with Crippen LogP contribution in [0, 0.1) is 10.1 Å². The molecule has 31 heavy (non-hydrogen) atoms. The Hall–Kier alpha value is -2.48. The Morgan fingerprint density at radius 2 is 1.90 bits per heavy atom. The second-order valence-electron chi connectivity index (χ2n) is 8.06. The summed E-state index contributed by atoms with van der Waals surface area (Å²) >= 11 is 0. The lowest BCUT2D eigenvalue weighted by molar-refractivity contribution is -0.385. The van der Waals surface area contributed by atoms with Gasteiger partial charge in [-0.15, -0.1) is 0 Å². The highest BCUT2D eigenvalue weighted by molar-refractivity contribution is 5.82. The van der Waals surface area contributed by atoms with E-state index in [9.17, 15) is 19.7 Å². The number of nitro groups is 1. The van der Waals surface area contributed by atoms with Gasteiger partial charge in [-0.3, -0.25) is 19.7 Å². The van der Waals surface area contributed by atoms with Gasteiger partial charge in [-0.1, -0.05) is 25.7 Å². The monoisotopic (exact) mass is 434 g/mol.